The lowest BCUT2D eigenvalue weighted by molar-refractivity contribution is 0.00698. The summed E-state index contributed by atoms with van der Waals surface area (Å²) in [5.74, 6) is 0. The number of ether oxygens (including phenoxy) is 1. The van der Waals surface area contributed by atoms with Crippen LogP contribution in [0.2, 0.25) is 0 Å². The zero-order valence-electron chi connectivity index (χ0n) is 7.03. The fraction of sp³-hybridized carbons (Fsp3) is 1.00. The van der Waals surface area contributed by atoms with Gasteiger partial charge in [0, 0.05) is 24.9 Å². The summed E-state index contributed by atoms with van der Waals surface area (Å²) in [7, 11) is 1.47. The van der Waals surface area contributed by atoms with Crippen LogP contribution in [0.5, 0.6) is 0 Å². The van der Waals surface area contributed by atoms with Gasteiger partial charge in [0.1, 0.15) is 11.4 Å². The molecule has 5 heteroatoms. The Hall–Kier alpha value is 0.160. The van der Waals surface area contributed by atoms with Gasteiger partial charge in [0.25, 0.3) is 0 Å². The third-order valence-electron chi connectivity index (χ3n) is 2.29. The van der Waals surface area contributed by atoms with Crippen molar-refractivity contribution in [3.63, 3.8) is 0 Å². The number of hydrogen-bond donors (Lipinski definition) is 1. The second kappa shape index (κ2) is 4.41. The summed E-state index contributed by atoms with van der Waals surface area (Å²) in [6, 6.07) is 0. The Bertz CT molecular complexity index is 147. The normalized spacial score (nSPS) is 39.5. The zero-order valence-corrected chi connectivity index (χ0v) is 7.85. The van der Waals surface area contributed by atoms with Crippen LogP contribution in [0.3, 0.4) is 0 Å². The number of alkyl halides is 1. The van der Waals surface area contributed by atoms with Gasteiger partial charge >= 0.3 is 0 Å². The molecule has 0 saturated heterocycles. The van der Waals surface area contributed by atoms with Crippen molar-refractivity contribution in [3.05, 3.63) is 0 Å². The van der Waals surface area contributed by atoms with E-state index in [0.29, 0.717) is 19.3 Å². The lowest BCUT2D eigenvalue weighted by atomic mass is 9.95. The predicted octanol–water partition coefficient (Wildman–Crippen LogP) is 0.514. The Balaban J connectivity index is 2.44. The number of nitrogens with two attached hydrogens (primary N) is 1. The van der Waals surface area contributed by atoms with Crippen LogP contribution >= 0.6 is 0 Å². The summed E-state index contributed by atoms with van der Waals surface area (Å²) in [6.45, 7) is 0. The molecule has 1 rings (SSSR count). The Labute approximate surface area is 74.8 Å². The van der Waals surface area contributed by atoms with Crippen molar-refractivity contribution in [2.45, 2.75) is 36.8 Å². The second-order valence-electron chi connectivity index (χ2n) is 3.05. The van der Waals surface area contributed by atoms with E-state index in [9.17, 15) is 8.94 Å². The van der Waals surface area contributed by atoms with E-state index in [1.807, 2.05) is 0 Å². The summed E-state index contributed by atoms with van der Waals surface area (Å²) in [6.07, 6.45) is 0.142. The maximum Gasteiger partial charge on any atom is 0.137 e. The van der Waals surface area contributed by atoms with Crippen LogP contribution in [0, 0.1) is 0 Å². The molecule has 3 nitrogen and oxygen atoms in total. The third-order valence-corrected chi connectivity index (χ3v) is 3.38. The molecule has 0 heterocycles. The van der Waals surface area contributed by atoms with Crippen molar-refractivity contribution in [3.8, 4) is 0 Å². The Morgan fingerprint density at radius 1 is 1.58 bits per heavy atom. The summed E-state index contributed by atoms with van der Waals surface area (Å²) < 4.78 is 28.8. The molecule has 0 amide bonds. The van der Waals surface area contributed by atoms with Crippen molar-refractivity contribution in [2.24, 2.45) is 5.14 Å². The van der Waals surface area contributed by atoms with Gasteiger partial charge in [-0.2, -0.15) is 5.14 Å². The number of methoxy groups -OCH3 is 1. The highest BCUT2D eigenvalue weighted by Crippen LogP contribution is 2.26. The highest BCUT2D eigenvalue weighted by Gasteiger charge is 2.35. The first-order valence-corrected chi connectivity index (χ1v) is 5.24. The molecule has 1 aliphatic rings. The second-order valence-corrected chi connectivity index (χ2v) is 4.38. The van der Waals surface area contributed by atoms with E-state index in [1.54, 1.807) is 0 Å². The van der Waals surface area contributed by atoms with Gasteiger partial charge in [-0.1, -0.05) is 0 Å². The van der Waals surface area contributed by atoms with Gasteiger partial charge in [0.05, 0.1) is 6.10 Å². The monoisotopic (exact) mass is 195 g/mol. The van der Waals surface area contributed by atoms with E-state index >= 15 is 0 Å². The largest absolute Gasteiger partial charge is 0.598 e. The van der Waals surface area contributed by atoms with Gasteiger partial charge < -0.3 is 9.29 Å². The van der Waals surface area contributed by atoms with Crippen molar-refractivity contribution >= 4 is 11.4 Å². The molecule has 0 bridgehead atoms. The van der Waals surface area contributed by atoms with Crippen molar-refractivity contribution < 1.29 is 13.7 Å². The molecule has 1 aliphatic carbocycles. The van der Waals surface area contributed by atoms with Crippen LogP contribution in [0.1, 0.15) is 19.3 Å². The van der Waals surface area contributed by atoms with Gasteiger partial charge in [-0.15, -0.1) is 0 Å². The number of rotatable bonds is 2. The first kappa shape index (κ1) is 10.2. The molecule has 72 valence electrons. The van der Waals surface area contributed by atoms with E-state index in [4.69, 9.17) is 9.88 Å². The highest BCUT2D eigenvalue weighted by molar-refractivity contribution is 7.89. The molecule has 0 aliphatic heterocycles. The minimum atomic E-state index is -1.34. The van der Waals surface area contributed by atoms with Crippen LogP contribution in [0.4, 0.5) is 4.39 Å². The summed E-state index contributed by atoms with van der Waals surface area (Å²) in [5, 5.41) is 5.13. The van der Waals surface area contributed by atoms with Crippen molar-refractivity contribution in [2.75, 3.05) is 7.11 Å². The number of halogens is 1. The molecule has 4 unspecified atom stereocenters. The topological polar surface area (TPSA) is 58.3 Å². The molecule has 0 aromatic carbocycles. The maximum atomic E-state index is 13.0. The standard InChI is InChI=1S/C7H14FNO2S/c1-11-7-4-5(12(9)10)2-3-6(7)8/h5-7H,2-4,9H2,1H3. The van der Waals surface area contributed by atoms with E-state index in [2.05, 4.69) is 0 Å². The lowest BCUT2D eigenvalue weighted by Gasteiger charge is -2.29. The predicted molar refractivity (Wildman–Crippen MR) is 45.7 cm³/mol. The summed E-state index contributed by atoms with van der Waals surface area (Å²) in [5.41, 5.74) is 0. The first-order valence-electron chi connectivity index (χ1n) is 3.97. The Kier molecular flexibility index (Phi) is 3.77. The number of hydrogen-bond acceptors (Lipinski definition) is 3. The van der Waals surface area contributed by atoms with Crippen LogP contribution in [0.25, 0.3) is 0 Å². The molecule has 2 N–H and O–H groups in total. The fourth-order valence-electron chi connectivity index (χ4n) is 1.51. The molecule has 0 radical (unpaired) electrons. The first-order chi connectivity index (χ1) is 5.65. The SMILES string of the molecule is COC1CC([S+](N)[O-])CCC1F. The minimum absolute atomic E-state index is 0.0954. The molecule has 1 saturated carbocycles. The van der Waals surface area contributed by atoms with Gasteiger partial charge in [-0.3, -0.25) is 0 Å². The average molecular weight is 195 g/mol. The van der Waals surface area contributed by atoms with Gasteiger partial charge in [0.15, 0.2) is 0 Å². The maximum absolute atomic E-state index is 13.0. The molecule has 1 fully saturated rings. The zero-order chi connectivity index (χ0) is 9.14. The van der Waals surface area contributed by atoms with E-state index < -0.39 is 23.6 Å². The van der Waals surface area contributed by atoms with Crippen molar-refractivity contribution in [1.82, 2.24) is 0 Å². The van der Waals surface area contributed by atoms with E-state index in [-0.39, 0.29) is 5.25 Å². The van der Waals surface area contributed by atoms with Gasteiger partial charge in [-0.25, -0.2) is 4.39 Å². The van der Waals surface area contributed by atoms with Crippen LogP contribution in [-0.2, 0) is 16.1 Å². The highest BCUT2D eigenvalue weighted by atomic mass is 32.2. The van der Waals surface area contributed by atoms with Crippen LogP contribution in [-0.4, -0.2) is 29.2 Å². The molecule has 4 atom stereocenters. The lowest BCUT2D eigenvalue weighted by Crippen LogP contribution is -2.41. The van der Waals surface area contributed by atoms with Crippen LogP contribution in [0.15, 0.2) is 0 Å². The Morgan fingerprint density at radius 2 is 2.25 bits per heavy atom. The fourth-order valence-corrected chi connectivity index (χ4v) is 2.26. The quantitative estimate of drug-likeness (QED) is 0.653. The van der Waals surface area contributed by atoms with E-state index in [1.165, 1.54) is 7.11 Å². The van der Waals surface area contributed by atoms with Crippen LogP contribution < -0.4 is 5.14 Å². The molecule has 12 heavy (non-hydrogen) atoms. The molecule has 0 aromatic heterocycles. The average Bonchev–Trinajstić information content (AvgIpc) is 2.05. The smallest absolute Gasteiger partial charge is 0.137 e. The molecule has 0 spiro atoms. The van der Waals surface area contributed by atoms with Crippen molar-refractivity contribution in [1.29, 1.82) is 0 Å². The van der Waals surface area contributed by atoms with Gasteiger partial charge in [0.2, 0.25) is 0 Å². The molecular weight excluding hydrogens is 181 g/mol. The summed E-state index contributed by atoms with van der Waals surface area (Å²) in [4.78, 5) is 0. The Morgan fingerprint density at radius 3 is 2.75 bits per heavy atom. The third kappa shape index (κ3) is 2.32. The van der Waals surface area contributed by atoms with E-state index in [0.717, 1.165) is 0 Å². The summed E-state index contributed by atoms with van der Waals surface area (Å²) >= 11 is -1.34. The molecular formula is C7H14FNO2S. The minimum Gasteiger partial charge on any atom is -0.598 e. The van der Waals surface area contributed by atoms with Gasteiger partial charge in [-0.05, 0) is 12.8 Å². The molecule has 0 aromatic rings.